The van der Waals surface area contributed by atoms with Gasteiger partial charge in [0.05, 0.1) is 72.2 Å². The summed E-state index contributed by atoms with van der Waals surface area (Å²) in [5.74, 6) is 0.719. The summed E-state index contributed by atoms with van der Waals surface area (Å²) in [6.45, 7) is -0.651. The van der Waals surface area contributed by atoms with E-state index in [0.29, 0.717) is 24.5 Å². The molecule has 5 aliphatic rings. The topological polar surface area (TPSA) is 181 Å². The Morgan fingerprint density at radius 3 is 1.49 bits per heavy atom. The number of hydrogen-bond acceptors (Lipinski definition) is 16. The van der Waals surface area contributed by atoms with Crippen LogP contribution >= 0.6 is 56.7 Å². The molecule has 0 saturated heterocycles. The molecule has 0 fully saturated rings. The van der Waals surface area contributed by atoms with Crippen LogP contribution in [0.5, 0.6) is 0 Å². The summed E-state index contributed by atoms with van der Waals surface area (Å²) in [6, 6.07) is 40.7. The average molecular weight is 1450 g/mol. The van der Waals surface area contributed by atoms with E-state index in [4.69, 9.17) is 12.6 Å². The van der Waals surface area contributed by atoms with Crippen LogP contribution in [0.4, 0.5) is 0 Å². The lowest BCUT2D eigenvalue weighted by Crippen LogP contribution is -2.32. The number of imidazole rings is 1. The van der Waals surface area contributed by atoms with E-state index in [-0.39, 0.29) is 0 Å². The zero-order chi connectivity index (χ0) is 73.6. The van der Waals surface area contributed by atoms with Crippen molar-refractivity contribution >= 4 is 163 Å². The molecule has 0 saturated carbocycles. The Labute approximate surface area is 617 Å². The highest BCUT2D eigenvalue weighted by molar-refractivity contribution is 7.25. The van der Waals surface area contributed by atoms with E-state index in [1.807, 2.05) is 139 Å². The van der Waals surface area contributed by atoms with Gasteiger partial charge < -0.3 is 4.42 Å². The first-order valence-corrected chi connectivity index (χ1v) is 37.5. The van der Waals surface area contributed by atoms with Gasteiger partial charge in [0.2, 0.25) is 33.0 Å². The molecular weight excluding hydrogens is 1390 g/mol. The molecule has 0 bridgehead atoms. The van der Waals surface area contributed by atoms with Gasteiger partial charge in [-0.15, -0.1) is 4.57 Å². The minimum atomic E-state index is -2.27. The summed E-state index contributed by atoms with van der Waals surface area (Å²) in [7, 11) is 2.10. The first-order chi connectivity index (χ1) is 53.8. The molecule has 0 atom stereocenters. The fraction of sp³-hybridized carbons (Fsp3) is 0.101. The maximum atomic E-state index is 8.01. The molecule has 21 aromatic rings. The van der Waals surface area contributed by atoms with E-state index in [1.165, 1.54) is 105 Å². The minimum Gasteiger partial charge on any atom is -0.384 e. The Bertz CT molecular complexity index is 7440. The summed E-state index contributed by atoms with van der Waals surface area (Å²) in [6.07, 6.45) is 27.5. The highest BCUT2D eigenvalue weighted by Gasteiger charge is 2.40. The highest BCUT2D eigenvalue weighted by atomic mass is 32.1. The van der Waals surface area contributed by atoms with Crippen molar-refractivity contribution in [1.29, 1.82) is 0 Å². The van der Waals surface area contributed by atoms with Crippen molar-refractivity contribution in [3.05, 3.63) is 242 Å². The first kappa shape index (κ1) is 53.7. The molecule has 1 aromatic carbocycles. The minimum absolute atomic E-state index is 0.512. The van der Waals surface area contributed by atoms with Crippen LogP contribution in [0.2, 0.25) is 0 Å². The number of rotatable bonds is 1. The molecule has 0 spiro atoms. The van der Waals surface area contributed by atoms with Crippen molar-refractivity contribution in [3.8, 4) is 59.4 Å². The fourth-order valence-electron chi connectivity index (χ4n) is 15.5. The molecule has 20 nitrogen and oxygen atoms in total. The molecule has 0 aliphatic carbocycles. The Morgan fingerprint density at radius 2 is 0.894 bits per heavy atom. The molecule has 0 N–H and O–H groups in total. The number of pyridine rings is 10. The number of para-hydroxylation sites is 1. The fourth-order valence-corrected chi connectivity index (χ4v) is 21.9. The van der Waals surface area contributed by atoms with Crippen molar-refractivity contribution in [1.82, 2.24) is 68.1 Å². The Kier molecular flexibility index (Phi) is 11.8. The van der Waals surface area contributed by atoms with Crippen molar-refractivity contribution in [2.24, 2.45) is 21.0 Å². The number of thiophene rings is 1. The quantitative estimate of drug-likeness (QED) is 0.143. The normalized spacial score (nSPS) is 14.0. The van der Waals surface area contributed by atoms with Gasteiger partial charge in [0.15, 0.2) is 26.3 Å². The molecule has 20 aromatic heterocycles. The zero-order valence-corrected chi connectivity index (χ0v) is 58.8. The highest BCUT2D eigenvalue weighted by Crippen LogP contribution is 2.45. The second-order valence-corrected chi connectivity index (χ2v) is 30.8. The average Bonchev–Trinajstić information content (AvgIpc) is 1.55. The van der Waals surface area contributed by atoms with Crippen LogP contribution in [0.1, 0.15) is 36.0 Å². The lowest BCUT2D eigenvalue weighted by atomic mass is 10.2. The lowest BCUT2D eigenvalue weighted by molar-refractivity contribution is -0.648. The van der Waals surface area contributed by atoms with Crippen LogP contribution in [-0.4, -0.2) is 68.1 Å². The zero-order valence-electron chi connectivity index (χ0n) is 60.7. The predicted molar refractivity (Wildman–Crippen MR) is 407 cm³/mol. The molecule has 496 valence electrons. The summed E-state index contributed by atoms with van der Waals surface area (Å²) in [5, 5.41) is 9.40. The van der Waals surface area contributed by atoms with E-state index in [1.54, 1.807) is 59.9 Å². The van der Waals surface area contributed by atoms with E-state index in [9.17, 15) is 0 Å². The largest absolute Gasteiger partial charge is 0.395 e. The molecule has 25 heterocycles. The monoisotopic (exact) mass is 1450 g/mol. The van der Waals surface area contributed by atoms with Crippen molar-refractivity contribution in [3.63, 3.8) is 0 Å². The Balaban J connectivity index is 0.0000000850. The number of furan rings is 1. The van der Waals surface area contributed by atoms with Gasteiger partial charge >= 0.3 is 22.7 Å². The maximum Gasteiger partial charge on any atom is 0.395 e. The van der Waals surface area contributed by atoms with Crippen LogP contribution in [0, 0.1) is 0 Å². The number of nitrogens with zero attached hydrogens (tertiary/aromatic N) is 19. The van der Waals surface area contributed by atoms with Crippen LogP contribution < -0.4 is 22.8 Å². The van der Waals surface area contributed by atoms with E-state index < -0.39 is 14.0 Å². The second kappa shape index (κ2) is 22.9. The van der Waals surface area contributed by atoms with Crippen LogP contribution in [0.3, 0.4) is 0 Å². The van der Waals surface area contributed by atoms with Gasteiger partial charge in [-0.2, -0.15) is 4.57 Å². The van der Waals surface area contributed by atoms with Crippen LogP contribution in [0.15, 0.2) is 219 Å². The second-order valence-electron chi connectivity index (χ2n) is 25.7. The molecular formula is C79H54N19OS5+5. The molecule has 26 rings (SSSR count). The standard InChI is InChI=1S/C20H13N4S.3C15H11N4S.C14H8N3OS/c1-2-5-14(6-3-1)24-18-16(7-4-9-22-18)17-19(24)23-12-13-11-21-10-8-15(13)20(23)25-17;1-18-14-10-4-6-16-7-9(10)8-19(14)13-12-11(20-15(13)18)3-2-5-17-12;2*1-18-13-11(3-2-5-17-13)12-14(18)19-8-9-7-16-6-4-10(9)15(19)20-12;1-2-10-11-13(18-12(10)16-4-1)17-7-8-6-15-5-3-9(8)14(17)19-11/h1-11H,12H2;3*2-7H,8H2,1H3;1-6H,7H2/q5*+1/i;2*1D3;;. The van der Waals surface area contributed by atoms with E-state index in [0.717, 1.165) is 117 Å². The third-order valence-corrected chi connectivity index (χ3v) is 26.1. The van der Waals surface area contributed by atoms with Gasteiger partial charge in [-0.1, -0.05) is 74.9 Å². The van der Waals surface area contributed by atoms with Crippen LogP contribution in [-0.2, 0) is 53.7 Å². The number of thiazole rings is 4. The third-order valence-electron chi connectivity index (χ3n) is 20.1. The first-order valence-electron chi connectivity index (χ1n) is 36.4. The van der Waals surface area contributed by atoms with Crippen molar-refractivity contribution in [2.45, 2.75) is 32.7 Å². The SMILES string of the molecule is Cn1c2ncccc2c2sc3[n+](c21)Cc1cnccc1-3.[2H]C([2H])([2H])[n+]1c2n(c3c4ncccc4sc31)Cc1cnccc1-2.[2H]C([2H])([2H])n1c2ncccc2c2sc3[n+](c21)Cc1cnccc1-3.c1ccc(-n2c3ncccc3c3sc4[n+](c32)Cc2cnccc2-4)cc1.c1cnc2oc3c(sc4[n+]3Cc3cnccc3-4)c2c1. The van der Waals surface area contributed by atoms with Gasteiger partial charge in [0.1, 0.15) is 51.5 Å². The van der Waals surface area contributed by atoms with Gasteiger partial charge in [-0.05, 0) is 103 Å². The maximum absolute atomic E-state index is 8.01. The van der Waals surface area contributed by atoms with Crippen molar-refractivity contribution < 1.29 is 35.5 Å². The van der Waals surface area contributed by atoms with Gasteiger partial charge in [-0.25, -0.2) is 51.9 Å². The molecule has 5 aliphatic heterocycles. The van der Waals surface area contributed by atoms with Gasteiger partial charge in [0, 0.05) is 132 Å². The number of hydrogen-bond donors (Lipinski definition) is 0. The summed E-state index contributed by atoms with van der Waals surface area (Å²) in [5.41, 5.74) is 22.3. The lowest BCUT2D eigenvalue weighted by Gasteiger charge is -2.00. The Morgan fingerprint density at radius 1 is 0.423 bits per heavy atom. The van der Waals surface area contributed by atoms with Crippen LogP contribution in [0.25, 0.3) is 166 Å². The number of fused-ring (bicyclic) bond motifs is 35. The summed E-state index contributed by atoms with van der Waals surface area (Å²) in [4.78, 5) is 44.1. The third kappa shape index (κ3) is 8.69. The molecule has 25 heteroatoms. The van der Waals surface area contributed by atoms with Gasteiger partial charge in [0.25, 0.3) is 10.8 Å². The van der Waals surface area contributed by atoms with E-state index >= 15 is 0 Å². The molecule has 0 unspecified atom stereocenters. The molecule has 0 radical (unpaired) electrons. The Hall–Kier alpha value is -12.1. The number of benzene rings is 1. The van der Waals surface area contributed by atoms with E-state index in [2.05, 4.69) is 150 Å². The molecule has 0 amide bonds. The number of aryl methyl sites for hydroxylation is 3. The number of aromatic nitrogens is 19. The predicted octanol–water partition coefficient (Wildman–Crippen LogP) is 14.2. The summed E-state index contributed by atoms with van der Waals surface area (Å²) < 4.78 is 78.0. The van der Waals surface area contributed by atoms with Gasteiger partial charge in [-0.3, -0.25) is 29.9 Å². The summed E-state index contributed by atoms with van der Waals surface area (Å²) >= 11 is 8.57. The smallest absolute Gasteiger partial charge is 0.384 e. The van der Waals surface area contributed by atoms with Crippen molar-refractivity contribution in [2.75, 3.05) is 0 Å². The molecule has 104 heavy (non-hydrogen) atoms.